The minimum atomic E-state index is -0.310. The monoisotopic (exact) mass is 441 g/mol. The van der Waals surface area contributed by atoms with Crippen molar-refractivity contribution >= 4 is 23.2 Å². The van der Waals surface area contributed by atoms with Gasteiger partial charge in [0.1, 0.15) is 17.2 Å². The van der Waals surface area contributed by atoms with Crippen molar-refractivity contribution < 1.29 is 14.1 Å². The van der Waals surface area contributed by atoms with E-state index in [1.54, 1.807) is 13.2 Å². The molecule has 0 saturated carbocycles. The maximum Gasteiger partial charge on any atom is 0.241 e. The van der Waals surface area contributed by atoms with Crippen molar-refractivity contribution in [2.24, 2.45) is 0 Å². The molecule has 0 aliphatic rings. The molecule has 0 bridgehead atoms. The summed E-state index contributed by atoms with van der Waals surface area (Å²) in [6.07, 6.45) is 1.60. The fraction of sp³-hybridized carbons (Fsp3) is 0.333. The lowest BCUT2D eigenvalue weighted by atomic mass is 10.1. The van der Waals surface area contributed by atoms with Gasteiger partial charge in [-0.1, -0.05) is 47.1 Å². The molecule has 1 aromatic heterocycles. The predicted molar refractivity (Wildman–Crippen MR) is 124 cm³/mol. The Kier molecular flexibility index (Phi) is 7.71. The molecule has 3 aromatic rings. The van der Waals surface area contributed by atoms with Crippen LogP contribution in [-0.2, 0) is 11.2 Å². The number of rotatable bonds is 9. The molecule has 0 radical (unpaired) electrons. The molecule has 0 aliphatic heterocycles. The molecule has 2 aromatic carbocycles. The third kappa shape index (κ3) is 5.87. The summed E-state index contributed by atoms with van der Waals surface area (Å²) in [7, 11) is 3.49. The highest BCUT2D eigenvalue weighted by Gasteiger charge is 2.20. The number of hydrogen-bond acceptors (Lipinski definition) is 5. The quantitative estimate of drug-likeness (QED) is 0.494. The summed E-state index contributed by atoms with van der Waals surface area (Å²) in [6.45, 7) is 4.51. The minimum absolute atomic E-state index is 0.103. The van der Waals surface area contributed by atoms with Gasteiger partial charge in [-0.3, -0.25) is 9.69 Å². The molecule has 1 atom stereocenters. The number of ether oxygens (including phenoxy) is 1. The standard InChI is InChI=1S/C24H28ClN3O3/c1-16-13-22(23(30-4)15-20(16)25)26-24(29)17(2)28(3)12-8-11-19-14-21(27-31-19)18-9-6-5-7-10-18/h5-7,9-10,13-15,17H,8,11-12H2,1-4H3,(H,26,29). The predicted octanol–water partition coefficient (Wildman–Crippen LogP) is 5.20. The van der Waals surface area contributed by atoms with E-state index in [1.807, 2.05) is 68.3 Å². The first-order chi connectivity index (χ1) is 14.9. The Bertz CT molecular complexity index is 1020. The van der Waals surface area contributed by atoms with Crippen LogP contribution in [0.5, 0.6) is 5.75 Å². The van der Waals surface area contributed by atoms with Crippen LogP contribution in [0.3, 0.4) is 0 Å². The average molecular weight is 442 g/mol. The van der Waals surface area contributed by atoms with Gasteiger partial charge in [0.15, 0.2) is 0 Å². The van der Waals surface area contributed by atoms with Gasteiger partial charge in [-0.2, -0.15) is 0 Å². The molecule has 0 spiro atoms. The van der Waals surface area contributed by atoms with Crippen molar-refractivity contribution in [1.29, 1.82) is 0 Å². The molecule has 6 nitrogen and oxygen atoms in total. The SMILES string of the molecule is COc1cc(Cl)c(C)cc1NC(=O)C(C)N(C)CCCc1cc(-c2ccccc2)no1. The number of methoxy groups -OCH3 is 1. The van der Waals surface area contributed by atoms with Gasteiger partial charge >= 0.3 is 0 Å². The van der Waals surface area contributed by atoms with Crippen molar-refractivity contribution in [2.75, 3.05) is 26.0 Å². The maximum absolute atomic E-state index is 12.7. The van der Waals surface area contributed by atoms with E-state index in [4.69, 9.17) is 20.9 Å². The summed E-state index contributed by atoms with van der Waals surface area (Å²) in [5.41, 5.74) is 3.36. The lowest BCUT2D eigenvalue weighted by Gasteiger charge is -2.24. The smallest absolute Gasteiger partial charge is 0.241 e. The minimum Gasteiger partial charge on any atom is -0.495 e. The van der Waals surface area contributed by atoms with Crippen LogP contribution in [-0.4, -0.2) is 42.7 Å². The van der Waals surface area contributed by atoms with Gasteiger partial charge in [-0.05, 0) is 45.5 Å². The Balaban J connectivity index is 1.51. The van der Waals surface area contributed by atoms with Gasteiger partial charge < -0.3 is 14.6 Å². The van der Waals surface area contributed by atoms with Crippen molar-refractivity contribution in [3.63, 3.8) is 0 Å². The van der Waals surface area contributed by atoms with Crippen LogP contribution < -0.4 is 10.1 Å². The highest BCUT2D eigenvalue weighted by molar-refractivity contribution is 6.31. The Labute approximate surface area is 188 Å². The number of likely N-dealkylation sites (N-methyl/N-ethyl adjacent to an activating group) is 1. The zero-order valence-corrected chi connectivity index (χ0v) is 19.1. The summed E-state index contributed by atoms with van der Waals surface area (Å²) in [6, 6.07) is 15.1. The van der Waals surface area contributed by atoms with Crippen LogP contribution >= 0.6 is 11.6 Å². The second kappa shape index (κ2) is 10.5. The molecule has 3 rings (SSSR count). The third-order valence-corrected chi connectivity index (χ3v) is 5.75. The Hall–Kier alpha value is -2.83. The molecule has 0 fully saturated rings. The largest absolute Gasteiger partial charge is 0.495 e. The summed E-state index contributed by atoms with van der Waals surface area (Å²) in [4.78, 5) is 14.8. The van der Waals surface area contributed by atoms with E-state index in [1.165, 1.54) is 0 Å². The van der Waals surface area contributed by atoms with Crippen LogP contribution in [0, 0.1) is 6.92 Å². The fourth-order valence-corrected chi connectivity index (χ4v) is 3.39. The van der Waals surface area contributed by atoms with Crippen molar-refractivity contribution in [3.05, 3.63) is 64.9 Å². The van der Waals surface area contributed by atoms with E-state index in [0.29, 0.717) is 16.5 Å². The van der Waals surface area contributed by atoms with Crippen molar-refractivity contribution in [1.82, 2.24) is 10.1 Å². The van der Waals surface area contributed by atoms with E-state index in [2.05, 4.69) is 10.5 Å². The van der Waals surface area contributed by atoms with Crippen LogP contribution in [0.25, 0.3) is 11.3 Å². The van der Waals surface area contributed by atoms with Crippen LogP contribution in [0.4, 0.5) is 5.69 Å². The molecule has 1 heterocycles. The highest BCUT2D eigenvalue weighted by atomic mass is 35.5. The molecule has 1 N–H and O–H groups in total. The normalized spacial score (nSPS) is 12.1. The van der Waals surface area contributed by atoms with Gasteiger partial charge in [0, 0.05) is 29.1 Å². The van der Waals surface area contributed by atoms with Gasteiger partial charge in [0.25, 0.3) is 0 Å². The molecule has 1 amide bonds. The van der Waals surface area contributed by atoms with Gasteiger partial charge in [0.05, 0.1) is 18.8 Å². The lowest BCUT2D eigenvalue weighted by Crippen LogP contribution is -2.40. The molecular weight excluding hydrogens is 414 g/mol. The van der Waals surface area contributed by atoms with Gasteiger partial charge in [-0.15, -0.1) is 0 Å². The average Bonchev–Trinajstić information content (AvgIpc) is 3.25. The van der Waals surface area contributed by atoms with Crippen molar-refractivity contribution in [3.8, 4) is 17.0 Å². The topological polar surface area (TPSA) is 67.6 Å². The maximum atomic E-state index is 12.7. The molecule has 0 saturated heterocycles. The molecule has 31 heavy (non-hydrogen) atoms. The molecule has 7 heteroatoms. The Morgan fingerprint density at radius 3 is 2.71 bits per heavy atom. The van der Waals surface area contributed by atoms with Gasteiger partial charge in [-0.25, -0.2) is 0 Å². The zero-order chi connectivity index (χ0) is 22.4. The van der Waals surface area contributed by atoms with E-state index < -0.39 is 0 Å². The summed E-state index contributed by atoms with van der Waals surface area (Å²) in [5, 5.41) is 7.70. The lowest BCUT2D eigenvalue weighted by molar-refractivity contribution is -0.120. The number of nitrogens with one attached hydrogen (secondary N) is 1. The van der Waals surface area contributed by atoms with Crippen molar-refractivity contribution in [2.45, 2.75) is 32.7 Å². The first-order valence-electron chi connectivity index (χ1n) is 10.2. The van der Waals surface area contributed by atoms with E-state index in [0.717, 1.165) is 42.0 Å². The first kappa shape index (κ1) is 22.8. The summed E-state index contributed by atoms with van der Waals surface area (Å²) < 4.78 is 10.8. The van der Waals surface area contributed by atoms with Crippen LogP contribution in [0.2, 0.25) is 5.02 Å². The molecular formula is C24H28ClN3O3. The number of amides is 1. The number of anilines is 1. The fourth-order valence-electron chi connectivity index (χ4n) is 3.24. The number of carbonyl (C=O) groups excluding carboxylic acids is 1. The van der Waals surface area contributed by atoms with Crippen LogP contribution in [0.1, 0.15) is 24.7 Å². The number of nitrogens with zero attached hydrogens (tertiary/aromatic N) is 2. The third-order valence-electron chi connectivity index (χ3n) is 5.34. The molecule has 0 aliphatic carbocycles. The molecule has 1 unspecified atom stereocenters. The van der Waals surface area contributed by atoms with E-state index in [9.17, 15) is 4.79 Å². The van der Waals surface area contributed by atoms with Crippen LogP contribution in [0.15, 0.2) is 53.1 Å². The number of halogens is 1. The Morgan fingerprint density at radius 1 is 1.26 bits per heavy atom. The number of aromatic nitrogens is 1. The zero-order valence-electron chi connectivity index (χ0n) is 18.3. The van der Waals surface area contributed by atoms with Gasteiger partial charge in [0.2, 0.25) is 5.91 Å². The second-order valence-electron chi connectivity index (χ2n) is 7.60. The summed E-state index contributed by atoms with van der Waals surface area (Å²) in [5.74, 6) is 1.28. The number of hydrogen-bond donors (Lipinski definition) is 1. The van der Waals surface area contributed by atoms with E-state index in [-0.39, 0.29) is 11.9 Å². The summed E-state index contributed by atoms with van der Waals surface area (Å²) >= 11 is 6.15. The number of aryl methyl sites for hydroxylation is 2. The first-order valence-corrected chi connectivity index (χ1v) is 10.6. The molecule has 164 valence electrons. The Morgan fingerprint density at radius 2 is 2.00 bits per heavy atom. The second-order valence-corrected chi connectivity index (χ2v) is 8.00. The number of carbonyl (C=O) groups is 1. The highest BCUT2D eigenvalue weighted by Crippen LogP contribution is 2.31. The number of benzene rings is 2. The van der Waals surface area contributed by atoms with E-state index >= 15 is 0 Å².